The van der Waals surface area contributed by atoms with Gasteiger partial charge in [0, 0.05) is 18.2 Å². The molecule has 1 heterocycles. The molecule has 0 bridgehead atoms. The number of pyridine rings is 1. The fraction of sp³-hybridized carbons (Fsp3) is 0.250. The molecule has 6 heteroatoms. The lowest BCUT2D eigenvalue weighted by Gasteiger charge is -2.18. The van der Waals surface area contributed by atoms with Crippen LogP contribution in [-0.4, -0.2) is 17.1 Å². The maximum absolute atomic E-state index is 12.8. The summed E-state index contributed by atoms with van der Waals surface area (Å²) >= 11 is 0. The van der Waals surface area contributed by atoms with Gasteiger partial charge in [-0.15, -0.1) is 0 Å². The Kier molecular flexibility index (Phi) is 5.06. The number of aromatic nitrogens is 1. The van der Waals surface area contributed by atoms with E-state index in [9.17, 15) is 19.5 Å². The van der Waals surface area contributed by atoms with E-state index in [1.54, 1.807) is 13.0 Å². The standard InChI is InChI=1S/C16H17FN2O3/c1-11(10-15(20)12-5-7-13(17)8-6-12)18-16(21)14-4-2-3-9-19(14)22/h2-9,11,15,20H,10H2,1H3,(H,18,21). The van der Waals surface area contributed by atoms with Crippen LogP contribution in [0.3, 0.4) is 0 Å². The minimum absolute atomic E-state index is 0.00868. The molecule has 2 unspecified atom stereocenters. The van der Waals surface area contributed by atoms with E-state index in [0.29, 0.717) is 10.3 Å². The lowest BCUT2D eigenvalue weighted by Crippen LogP contribution is -2.42. The summed E-state index contributed by atoms with van der Waals surface area (Å²) in [5.41, 5.74) is 0.562. The molecule has 1 amide bonds. The van der Waals surface area contributed by atoms with Gasteiger partial charge in [-0.1, -0.05) is 12.1 Å². The average molecular weight is 304 g/mol. The summed E-state index contributed by atoms with van der Waals surface area (Å²) in [5.74, 6) is -0.879. The number of hydrogen-bond acceptors (Lipinski definition) is 3. The Morgan fingerprint density at radius 3 is 2.64 bits per heavy atom. The van der Waals surface area contributed by atoms with Crippen LogP contribution < -0.4 is 10.0 Å². The number of benzene rings is 1. The summed E-state index contributed by atoms with van der Waals surface area (Å²) < 4.78 is 13.3. The number of amides is 1. The van der Waals surface area contributed by atoms with Gasteiger partial charge in [-0.3, -0.25) is 4.79 Å². The van der Waals surface area contributed by atoms with E-state index in [0.717, 1.165) is 0 Å². The third kappa shape index (κ3) is 4.02. The van der Waals surface area contributed by atoms with Crippen LogP contribution in [0.4, 0.5) is 4.39 Å². The van der Waals surface area contributed by atoms with Crippen LogP contribution in [0.1, 0.15) is 35.5 Å². The Bertz CT molecular complexity index is 646. The highest BCUT2D eigenvalue weighted by atomic mass is 19.1. The van der Waals surface area contributed by atoms with Crippen LogP contribution >= 0.6 is 0 Å². The first kappa shape index (κ1) is 15.9. The van der Waals surface area contributed by atoms with Gasteiger partial charge in [0.15, 0.2) is 6.20 Å². The zero-order valence-electron chi connectivity index (χ0n) is 12.1. The summed E-state index contributed by atoms with van der Waals surface area (Å²) in [6.07, 6.45) is 0.668. The van der Waals surface area contributed by atoms with E-state index in [-0.39, 0.29) is 24.0 Å². The summed E-state index contributed by atoms with van der Waals surface area (Å²) in [6.45, 7) is 1.72. The Morgan fingerprint density at radius 1 is 1.32 bits per heavy atom. The second kappa shape index (κ2) is 7.00. The van der Waals surface area contributed by atoms with E-state index in [1.807, 2.05) is 0 Å². The highest BCUT2D eigenvalue weighted by Crippen LogP contribution is 2.18. The van der Waals surface area contributed by atoms with Crippen molar-refractivity contribution >= 4 is 5.91 Å². The summed E-state index contributed by atoms with van der Waals surface area (Å²) in [7, 11) is 0. The van der Waals surface area contributed by atoms with E-state index >= 15 is 0 Å². The zero-order chi connectivity index (χ0) is 16.1. The van der Waals surface area contributed by atoms with Crippen molar-refractivity contribution in [2.24, 2.45) is 0 Å². The molecular weight excluding hydrogens is 287 g/mol. The second-order valence-electron chi connectivity index (χ2n) is 5.09. The summed E-state index contributed by atoms with van der Waals surface area (Å²) in [6, 6.07) is 9.73. The van der Waals surface area contributed by atoms with Crippen molar-refractivity contribution in [1.29, 1.82) is 0 Å². The minimum Gasteiger partial charge on any atom is -0.618 e. The number of nitrogens with zero attached hydrogens (tertiary/aromatic N) is 1. The molecule has 2 aromatic rings. The normalized spacial score (nSPS) is 13.4. The lowest BCUT2D eigenvalue weighted by molar-refractivity contribution is -0.607. The third-order valence-corrected chi connectivity index (χ3v) is 3.27. The third-order valence-electron chi connectivity index (χ3n) is 3.27. The van der Waals surface area contributed by atoms with Crippen molar-refractivity contribution in [2.75, 3.05) is 0 Å². The van der Waals surface area contributed by atoms with E-state index in [4.69, 9.17) is 0 Å². The first-order valence-corrected chi connectivity index (χ1v) is 6.90. The number of carbonyl (C=O) groups is 1. The average Bonchev–Trinajstić information content (AvgIpc) is 2.48. The van der Waals surface area contributed by atoms with Gasteiger partial charge in [-0.25, -0.2) is 4.39 Å². The smallest absolute Gasteiger partial charge is 0.317 e. The SMILES string of the molecule is CC(CC(O)c1ccc(F)cc1)NC(=O)c1cccc[n+]1[O-]. The molecule has 2 N–H and O–H groups in total. The van der Waals surface area contributed by atoms with Crippen LogP contribution in [0.5, 0.6) is 0 Å². The van der Waals surface area contributed by atoms with Gasteiger partial charge in [-0.05, 0) is 37.1 Å². The van der Waals surface area contributed by atoms with Gasteiger partial charge in [0.2, 0.25) is 0 Å². The van der Waals surface area contributed by atoms with Crippen molar-refractivity contribution in [2.45, 2.75) is 25.5 Å². The van der Waals surface area contributed by atoms with Crippen molar-refractivity contribution in [3.05, 3.63) is 70.9 Å². The monoisotopic (exact) mass is 304 g/mol. The topological polar surface area (TPSA) is 76.3 Å². The molecule has 0 aliphatic heterocycles. The molecule has 22 heavy (non-hydrogen) atoms. The molecular formula is C16H17FN2O3. The first-order chi connectivity index (χ1) is 10.5. The highest BCUT2D eigenvalue weighted by Gasteiger charge is 2.19. The van der Waals surface area contributed by atoms with Gasteiger partial charge in [0.1, 0.15) is 5.82 Å². The number of rotatable bonds is 5. The molecule has 1 aromatic carbocycles. The van der Waals surface area contributed by atoms with Gasteiger partial charge in [0.25, 0.3) is 5.69 Å². The van der Waals surface area contributed by atoms with Crippen molar-refractivity contribution in [1.82, 2.24) is 5.32 Å². The number of nitrogens with one attached hydrogen (secondary N) is 1. The van der Waals surface area contributed by atoms with Crippen LogP contribution in [0.15, 0.2) is 48.7 Å². The van der Waals surface area contributed by atoms with E-state index in [1.165, 1.54) is 42.6 Å². The quantitative estimate of drug-likeness (QED) is 0.652. The van der Waals surface area contributed by atoms with Crippen LogP contribution in [0.25, 0.3) is 0 Å². The summed E-state index contributed by atoms with van der Waals surface area (Å²) in [4.78, 5) is 12.0. The largest absolute Gasteiger partial charge is 0.618 e. The van der Waals surface area contributed by atoms with Gasteiger partial charge >= 0.3 is 5.91 Å². The second-order valence-corrected chi connectivity index (χ2v) is 5.09. The molecule has 5 nitrogen and oxygen atoms in total. The van der Waals surface area contributed by atoms with Gasteiger partial charge < -0.3 is 15.6 Å². The molecule has 2 rings (SSSR count). The maximum Gasteiger partial charge on any atom is 0.317 e. The molecule has 0 spiro atoms. The Labute approximate surface area is 127 Å². The number of carbonyl (C=O) groups excluding carboxylic acids is 1. The molecule has 0 saturated heterocycles. The zero-order valence-corrected chi connectivity index (χ0v) is 12.1. The summed E-state index contributed by atoms with van der Waals surface area (Å²) in [5, 5.41) is 24.2. The van der Waals surface area contributed by atoms with Gasteiger partial charge in [-0.2, -0.15) is 4.73 Å². The molecule has 0 saturated carbocycles. The highest BCUT2D eigenvalue weighted by molar-refractivity contribution is 5.91. The minimum atomic E-state index is -0.828. The van der Waals surface area contributed by atoms with Crippen LogP contribution in [0, 0.1) is 11.0 Å². The Balaban J connectivity index is 1.95. The van der Waals surface area contributed by atoms with Crippen LogP contribution in [0.2, 0.25) is 0 Å². The fourth-order valence-corrected chi connectivity index (χ4v) is 2.12. The Hall–Kier alpha value is -2.47. The molecule has 0 fully saturated rings. The predicted molar refractivity (Wildman–Crippen MR) is 78.3 cm³/mol. The Morgan fingerprint density at radius 2 is 2.00 bits per heavy atom. The molecule has 1 aromatic heterocycles. The maximum atomic E-state index is 12.8. The molecule has 0 aliphatic rings. The fourth-order valence-electron chi connectivity index (χ4n) is 2.12. The van der Waals surface area contributed by atoms with E-state index in [2.05, 4.69) is 5.32 Å². The van der Waals surface area contributed by atoms with Crippen LogP contribution in [-0.2, 0) is 0 Å². The van der Waals surface area contributed by atoms with E-state index < -0.39 is 12.0 Å². The van der Waals surface area contributed by atoms with Crippen molar-refractivity contribution in [3.8, 4) is 0 Å². The molecule has 0 radical (unpaired) electrons. The first-order valence-electron chi connectivity index (χ1n) is 6.90. The lowest BCUT2D eigenvalue weighted by atomic mass is 10.0. The number of halogens is 1. The van der Waals surface area contributed by atoms with Crippen molar-refractivity contribution < 1.29 is 19.0 Å². The molecule has 116 valence electrons. The number of aliphatic hydroxyl groups excluding tert-OH is 1. The predicted octanol–water partition coefficient (Wildman–Crippen LogP) is 1.70. The number of aliphatic hydroxyl groups is 1. The molecule has 0 aliphatic carbocycles. The molecule has 2 atom stereocenters. The number of hydrogen-bond donors (Lipinski definition) is 2. The van der Waals surface area contributed by atoms with Gasteiger partial charge in [0.05, 0.1) is 6.10 Å². The van der Waals surface area contributed by atoms with Crippen molar-refractivity contribution in [3.63, 3.8) is 0 Å².